The third kappa shape index (κ3) is 2.31. The minimum atomic E-state index is -0.933. The molecule has 0 N–H and O–H groups in total. The second-order valence-corrected chi connectivity index (χ2v) is 3.93. The summed E-state index contributed by atoms with van der Waals surface area (Å²) in [6, 6.07) is 0.390. The smallest absolute Gasteiger partial charge is 0.110 e. The molecule has 1 heterocycles. The second kappa shape index (κ2) is 3.56. The predicted molar refractivity (Wildman–Crippen MR) is 50.0 cm³/mol. The number of likely N-dealkylation sites (tertiary alicyclic amines) is 1. The molecule has 12 heavy (non-hydrogen) atoms. The van der Waals surface area contributed by atoms with Gasteiger partial charge >= 0.3 is 0 Å². The zero-order valence-corrected chi connectivity index (χ0v) is 8.02. The number of piperidine rings is 1. The largest absolute Gasteiger partial charge is 0.297 e. The van der Waals surface area contributed by atoms with Gasteiger partial charge in [0.05, 0.1) is 0 Å². The van der Waals surface area contributed by atoms with Gasteiger partial charge in [0, 0.05) is 19.1 Å². The maximum atomic E-state index is 13.4. The Morgan fingerprint density at radius 1 is 1.50 bits per heavy atom. The lowest BCUT2D eigenvalue weighted by Crippen LogP contribution is -2.43. The van der Waals surface area contributed by atoms with Crippen molar-refractivity contribution in [3.8, 4) is 0 Å². The van der Waals surface area contributed by atoms with Crippen molar-refractivity contribution < 1.29 is 4.39 Å². The van der Waals surface area contributed by atoms with Gasteiger partial charge in [-0.3, -0.25) is 4.90 Å². The molecule has 2 heteroatoms. The average molecular weight is 171 g/mol. The minimum absolute atomic E-state index is 0.390. The van der Waals surface area contributed by atoms with Gasteiger partial charge in [-0.2, -0.15) is 0 Å². The van der Waals surface area contributed by atoms with Crippen LogP contribution in [0.1, 0.15) is 26.7 Å². The van der Waals surface area contributed by atoms with Gasteiger partial charge in [0.2, 0.25) is 0 Å². The van der Waals surface area contributed by atoms with E-state index in [1.165, 1.54) is 0 Å². The Hall–Kier alpha value is -0.370. The molecule has 1 aliphatic rings. The Bertz CT molecular complexity index is 155. The molecular weight excluding hydrogens is 153 g/mol. The second-order valence-electron chi connectivity index (χ2n) is 3.93. The van der Waals surface area contributed by atoms with E-state index in [9.17, 15) is 4.39 Å². The molecule has 0 aliphatic carbocycles. The average Bonchev–Trinajstić information content (AvgIpc) is 2.03. The molecule has 0 saturated carbocycles. The van der Waals surface area contributed by atoms with Crippen molar-refractivity contribution in [2.75, 3.05) is 13.1 Å². The molecule has 0 aromatic rings. The van der Waals surface area contributed by atoms with Crippen molar-refractivity contribution in [3.05, 3.63) is 12.7 Å². The number of hydrogen-bond donors (Lipinski definition) is 0. The van der Waals surface area contributed by atoms with E-state index in [2.05, 4.69) is 18.4 Å². The summed E-state index contributed by atoms with van der Waals surface area (Å²) >= 11 is 0. The normalized spacial score (nSPS) is 26.6. The van der Waals surface area contributed by atoms with Gasteiger partial charge in [0.1, 0.15) is 5.67 Å². The third-order valence-corrected chi connectivity index (χ3v) is 2.76. The SMILES string of the molecule is C=C[C@@H](C)N1CCC(C)(F)CC1. The monoisotopic (exact) mass is 171 g/mol. The van der Waals surface area contributed by atoms with Crippen molar-refractivity contribution >= 4 is 0 Å². The van der Waals surface area contributed by atoms with Gasteiger partial charge < -0.3 is 0 Å². The molecule has 0 unspecified atom stereocenters. The summed E-state index contributed by atoms with van der Waals surface area (Å²) in [4.78, 5) is 2.27. The van der Waals surface area contributed by atoms with Crippen LogP contribution >= 0.6 is 0 Å². The molecule has 0 bridgehead atoms. The molecule has 0 spiro atoms. The number of halogens is 1. The summed E-state index contributed by atoms with van der Waals surface area (Å²) in [5.74, 6) is 0. The van der Waals surface area contributed by atoms with Crippen molar-refractivity contribution in [3.63, 3.8) is 0 Å². The van der Waals surface area contributed by atoms with Crippen molar-refractivity contribution in [1.82, 2.24) is 4.90 Å². The van der Waals surface area contributed by atoms with Crippen molar-refractivity contribution in [2.45, 2.75) is 38.4 Å². The molecule has 1 saturated heterocycles. The van der Waals surface area contributed by atoms with Crippen LogP contribution in [-0.2, 0) is 0 Å². The van der Waals surface area contributed by atoms with E-state index in [4.69, 9.17) is 0 Å². The third-order valence-electron chi connectivity index (χ3n) is 2.76. The molecule has 1 fully saturated rings. The predicted octanol–water partition coefficient (Wildman–Crippen LogP) is 2.38. The van der Waals surface area contributed by atoms with Gasteiger partial charge in [-0.05, 0) is 26.7 Å². The van der Waals surface area contributed by atoms with E-state index >= 15 is 0 Å². The maximum absolute atomic E-state index is 13.4. The van der Waals surface area contributed by atoms with Crippen LogP contribution in [0.4, 0.5) is 4.39 Å². The standard InChI is InChI=1S/C10H18FN/c1-4-9(2)12-7-5-10(3,11)6-8-12/h4,9H,1,5-8H2,2-3H3/t9-/m1/s1. The van der Waals surface area contributed by atoms with Gasteiger partial charge in [-0.15, -0.1) is 6.58 Å². The molecule has 0 radical (unpaired) electrons. The zero-order chi connectivity index (χ0) is 9.19. The molecule has 0 amide bonds. The first kappa shape index (κ1) is 9.72. The highest BCUT2D eigenvalue weighted by Crippen LogP contribution is 2.26. The van der Waals surface area contributed by atoms with Crippen molar-refractivity contribution in [1.29, 1.82) is 0 Å². The Morgan fingerprint density at radius 3 is 2.42 bits per heavy atom. The summed E-state index contributed by atoms with van der Waals surface area (Å²) in [7, 11) is 0. The topological polar surface area (TPSA) is 3.24 Å². The lowest BCUT2D eigenvalue weighted by Gasteiger charge is -2.36. The number of rotatable bonds is 2. The summed E-state index contributed by atoms with van der Waals surface area (Å²) in [5.41, 5.74) is -0.933. The Kier molecular flexibility index (Phi) is 2.89. The van der Waals surface area contributed by atoms with Crippen LogP contribution in [-0.4, -0.2) is 29.7 Å². The fourth-order valence-electron chi connectivity index (χ4n) is 1.55. The number of alkyl halides is 1. The first-order chi connectivity index (χ1) is 5.55. The highest BCUT2D eigenvalue weighted by Gasteiger charge is 2.30. The van der Waals surface area contributed by atoms with E-state index in [1.807, 2.05) is 6.08 Å². The van der Waals surface area contributed by atoms with Gasteiger partial charge in [-0.25, -0.2) is 4.39 Å². The Labute approximate surface area is 74.3 Å². The van der Waals surface area contributed by atoms with E-state index in [0.29, 0.717) is 18.9 Å². The quantitative estimate of drug-likeness (QED) is 0.577. The maximum Gasteiger partial charge on any atom is 0.110 e. The number of nitrogens with zero attached hydrogens (tertiary/aromatic N) is 1. The summed E-state index contributed by atoms with van der Waals surface area (Å²) in [6.07, 6.45) is 3.23. The Balaban J connectivity index is 2.40. The van der Waals surface area contributed by atoms with Crippen LogP contribution in [0.3, 0.4) is 0 Å². The molecule has 1 aliphatic heterocycles. The van der Waals surface area contributed by atoms with Crippen LogP contribution < -0.4 is 0 Å². The molecule has 0 aromatic heterocycles. The highest BCUT2D eigenvalue weighted by atomic mass is 19.1. The van der Waals surface area contributed by atoms with Crippen LogP contribution in [0.2, 0.25) is 0 Å². The first-order valence-electron chi connectivity index (χ1n) is 4.61. The van der Waals surface area contributed by atoms with E-state index in [0.717, 1.165) is 13.1 Å². The van der Waals surface area contributed by atoms with Gasteiger partial charge in [0.25, 0.3) is 0 Å². The van der Waals surface area contributed by atoms with E-state index < -0.39 is 5.67 Å². The molecule has 1 nitrogen and oxygen atoms in total. The number of hydrogen-bond acceptors (Lipinski definition) is 1. The molecule has 70 valence electrons. The van der Waals surface area contributed by atoms with E-state index in [-0.39, 0.29) is 0 Å². The van der Waals surface area contributed by atoms with Gasteiger partial charge in [0.15, 0.2) is 0 Å². The lowest BCUT2D eigenvalue weighted by molar-refractivity contribution is 0.0646. The molecular formula is C10H18FN. The lowest BCUT2D eigenvalue weighted by atomic mass is 9.95. The van der Waals surface area contributed by atoms with E-state index in [1.54, 1.807) is 6.92 Å². The zero-order valence-electron chi connectivity index (χ0n) is 8.02. The highest BCUT2D eigenvalue weighted by molar-refractivity contribution is 4.90. The summed E-state index contributed by atoms with van der Waals surface area (Å²) < 4.78 is 13.4. The van der Waals surface area contributed by atoms with Crippen LogP contribution in [0.5, 0.6) is 0 Å². The molecule has 1 rings (SSSR count). The molecule has 0 aromatic carbocycles. The summed E-state index contributed by atoms with van der Waals surface area (Å²) in [6.45, 7) is 9.26. The first-order valence-corrected chi connectivity index (χ1v) is 4.61. The van der Waals surface area contributed by atoms with Crippen LogP contribution in [0.25, 0.3) is 0 Å². The Morgan fingerprint density at radius 2 is 2.00 bits per heavy atom. The van der Waals surface area contributed by atoms with Crippen LogP contribution in [0, 0.1) is 0 Å². The van der Waals surface area contributed by atoms with Crippen molar-refractivity contribution in [2.24, 2.45) is 0 Å². The fourth-order valence-corrected chi connectivity index (χ4v) is 1.55. The summed E-state index contributed by atoms with van der Waals surface area (Å²) in [5, 5.41) is 0. The minimum Gasteiger partial charge on any atom is -0.297 e. The van der Waals surface area contributed by atoms with Crippen LogP contribution in [0.15, 0.2) is 12.7 Å². The molecule has 1 atom stereocenters. The van der Waals surface area contributed by atoms with Gasteiger partial charge in [-0.1, -0.05) is 6.08 Å². The fraction of sp³-hybridized carbons (Fsp3) is 0.800.